The zero-order chi connectivity index (χ0) is 10.3. The summed E-state index contributed by atoms with van der Waals surface area (Å²) in [7, 11) is 1.46. The molecule has 0 saturated carbocycles. The normalized spacial score (nSPS) is 49.3. The van der Waals surface area contributed by atoms with Gasteiger partial charge in [0, 0.05) is 19.7 Å². The molecule has 0 aromatic carbocycles. The van der Waals surface area contributed by atoms with E-state index >= 15 is 0 Å². The van der Waals surface area contributed by atoms with Crippen LogP contribution in [0.3, 0.4) is 0 Å². The molecule has 0 aromatic rings. The van der Waals surface area contributed by atoms with Crippen LogP contribution >= 0.6 is 0 Å². The molecule has 82 valence electrons. The van der Waals surface area contributed by atoms with Gasteiger partial charge in [0.2, 0.25) is 5.79 Å². The smallest absolute Gasteiger partial charge is 0.209 e. The summed E-state index contributed by atoms with van der Waals surface area (Å²) in [5.41, 5.74) is 0. The Morgan fingerprint density at radius 2 is 2.14 bits per heavy atom. The number of methoxy groups -OCH3 is 1. The molecule has 4 nitrogen and oxygen atoms in total. The fourth-order valence-corrected chi connectivity index (χ4v) is 2.82. The minimum Gasteiger partial charge on any atom is -0.386 e. The van der Waals surface area contributed by atoms with Crippen molar-refractivity contribution >= 4 is 0 Å². The fraction of sp³-hybridized carbons (Fsp3) is 1.00. The maximum Gasteiger partial charge on any atom is 0.209 e. The van der Waals surface area contributed by atoms with Gasteiger partial charge in [-0.3, -0.25) is 4.90 Å². The van der Waals surface area contributed by atoms with E-state index in [9.17, 15) is 10.2 Å². The van der Waals surface area contributed by atoms with Crippen LogP contribution in [-0.2, 0) is 4.74 Å². The Kier molecular flexibility index (Phi) is 2.55. The largest absolute Gasteiger partial charge is 0.386 e. The fourth-order valence-electron chi connectivity index (χ4n) is 2.82. The Morgan fingerprint density at radius 1 is 1.43 bits per heavy atom. The van der Waals surface area contributed by atoms with Crippen LogP contribution in [-0.4, -0.2) is 52.7 Å². The van der Waals surface area contributed by atoms with E-state index in [4.69, 9.17) is 4.74 Å². The van der Waals surface area contributed by atoms with Gasteiger partial charge in [-0.05, 0) is 19.8 Å². The van der Waals surface area contributed by atoms with Crippen molar-refractivity contribution < 1.29 is 14.9 Å². The molecule has 2 N–H and O–H groups in total. The molecule has 2 aliphatic heterocycles. The number of aliphatic hydroxyl groups excluding tert-OH is 1. The molecule has 0 bridgehead atoms. The van der Waals surface area contributed by atoms with Crippen LogP contribution in [0, 0.1) is 0 Å². The highest BCUT2D eigenvalue weighted by Crippen LogP contribution is 2.38. The zero-order valence-corrected chi connectivity index (χ0v) is 8.81. The first-order valence-corrected chi connectivity index (χ1v) is 5.31. The van der Waals surface area contributed by atoms with Gasteiger partial charge in [-0.1, -0.05) is 6.42 Å². The number of rotatable bonds is 1. The van der Waals surface area contributed by atoms with Crippen LogP contribution < -0.4 is 0 Å². The van der Waals surface area contributed by atoms with E-state index in [2.05, 4.69) is 11.8 Å². The first-order chi connectivity index (χ1) is 6.59. The first-order valence-electron chi connectivity index (χ1n) is 5.31. The predicted molar refractivity (Wildman–Crippen MR) is 51.8 cm³/mol. The molecule has 0 aliphatic carbocycles. The lowest BCUT2D eigenvalue weighted by atomic mass is 9.94. The highest BCUT2D eigenvalue weighted by atomic mass is 16.6. The van der Waals surface area contributed by atoms with E-state index in [-0.39, 0.29) is 6.04 Å². The molecule has 4 unspecified atom stereocenters. The molecular weight excluding hydrogens is 182 g/mol. The van der Waals surface area contributed by atoms with Crippen molar-refractivity contribution in [3.8, 4) is 0 Å². The molecule has 2 fully saturated rings. The summed E-state index contributed by atoms with van der Waals surface area (Å²) < 4.78 is 5.09. The Morgan fingerprint density at radius 3 is 2.79 bits per heavy atom. The van der Waals surface area contributed by atoms with E-state index in [1.165, 1.54) is 7.11 Å². The molecule has 2 saturated heterocycles. The van der Waals surface area contributed by atoms with Crippen LogP contribution in [0.5, 0.6) is 0 Å². The van der Waals surface area contributed by atoms with E-state index in [0.29, 0.717) is 12.6 Å². The molecule has 14 heavy (non-hydrogen) atoms. The quantitative estimate of drug-likeness (QED) is 0.584. The van der Waals surface area contributed by atoms with E-state index < -0.39 is 11.9 Å². The standard InChI is InChI=1S/C10H19NO3/c1-7-4-3-5-8-10(13,14-2)9(12)6-11(7)8/h7-9,12-13H,3-6H2,1-2H3. The van der Waals surface area contributed by atoms with Crippen molar-refractivity contribution in [3.05, 3.63) is 0 Å². The highest BCUT2D eigenvalue weighted by molar-refractivity contribution is 5.03. The minimum absolute atomic E-state index is 0.0359. The first kappa shape index (κ1) is 10.4. The van der Waals surface area contributed by atoms with Gasteiger partial charge >= 0.3 is 0 Å². The van der Waals surface area contributed by atoms with Gasteiger partial charge in [0.25, 0.3) is 0 Å². The minimum atomic E-state index is -1.35. The summed E-state index contributed by atoms with van der Waals surface area (Å²) in [5.74, 6) is -1.35. The summed E-state index contributed by atoms with van der Waals surface area (Å²) in [5, 5.41) is 19.9. The van der Waals surface area contributed by atoms with E-state index in [0.717, 1.165) is 19.3 Å². The molecule has 4 heteroatoms. The molecule has 4 atom stereocenters. The average Bonchev–Trinajstić information content (AvgIpc) is 2.43. The third-order valence-corrected chi connectivity index (χ3v) is 3.73. The molecule has 2 aliphatic rings. The maximum atomic E-state index is 10.2. The molecule has 2 rings (SSSR count). The number of piperidine rings is 1. The average molecular weight is 201 g/mol. The van der Waals surface area contributed by atoms with Crippen molar-refractivity contribution in [1.29, 1.82) is 0 Å². The maximum absolute atomic E-state index is 10.2. The summed E-state index contributed by atoms with van der Waals surface area (Å²) in [6, 6.07) is 0.402. The third kappa shape index (κ3) is 1.29. The van der Waals surface area contributed by atoms with Crippen molar-refractivity contribution in [1.82, 2.24) is 4.90 Å². The van der Waals surface area contributed by atoms with Crippen molar-refractivity contribution in [2.24, 2.45) is 0 Å². The Labute approximate surface area is 84.5 Å². The topological polar surface area (TPSA) is 52.9 Å². The molecule has 0 aromatic heterocycles. The molecular formula is C10H19NO3. The molecule has 2 heterocycles. The summed E-state index contributed by atoms with van der Waals surface area (Å²) in [6.07, 6.45) is 2.37. The van der Waals surface area contributed by atoms with Crippen molar-refractivity contribution in [2.45, 2.75) is 50.2 Å². The van der Waals surface area contributed by atoms with Crippen molar-refractivity contribution in [2.75, 3.05) is 13.7 Å². The van der Waals surface area contributed by atoms with Gasteiger partial charge in [0.15, 0.2) is 0 Å². The number of aliphatic hydroxyl groups is 2. The van der Waals surface area contributed by atoms with Crippen LogP contribution in [0.25, 0.3) is 0 Å². The van der Waals surface area contributed by atoms with Gasteiger partial charge in [-0.25, -0.2) is 0 Å². The SMILES string of the molecule is COC1(O)C(O)CN2C(C)CCCC21. The van der Waals surface area contributed by atoms with Crippen LogP contribution in [0.1, 0.15) is 26.2 Å². The Bertz CT molecular complexity index is 223. The third-order valence-electron chi connectivity index (χ3n) is 3.73. The lowest BCUT2D eigenvalue weighted by molar-refractivity contribution is -0.243. The van der Waals surface area contributed by atoms with Crippen LogP contribution in [0.2, 0.25) is 0 Å². The van der Waals surface area contributed by atoms with Gasteiger partial charge < -0.3 is 14.9 Å². The molecule has 0 spiro atoms. The Hall–Kier alpha value is -0.160. The number of fused-ring (bicyclic) bond motifs is 1. The van der Waals surface area contributed by atoms with E-state index in [1.807, 2.05) is 0 Å². The summed E-state index contributed by atoms with van der Waals surface area (Å²) in [4.78, 5) is 2.16. The van der Waals surface area contributed by atoms with Gasteiger partial charge in [0.1, 0.15) is 6.10 Å². The number of ether oxygens (including phenoxy) is 1. The molecule has 0 amide bonds. The number of hydrogen-bond acceptors (Lipinski definition) is 4. The van der Waals surface area contributed by atoms with Gasteiger partial charge in [0.05, 0.1) is 6.04 Å². The Balaban J connectivity index is 2.22. The lowest BCUT2D eigenvalue weighted by Crippen LogP contribution is -2.53. The number of hydrogen-bond donors (Lipinski definition) is 2. The second kappa shape index (κ2) is 3.45. The summed E-state index contributed by atoms with van der Waals surface area (Å²) >= 11 is 0. The lowest BCUT2D eigenvalue weighted by Gasteiger charge is -2.39. The summed E-state index contributed by atoms with van der Waals surface area (Å²) in [6.45, 7) is 2.66. The predicted octanol–water partition coefficient (Wildman–Crippen LogP) is -0.0611. The van der Waals surface area contributed by atoms with Crippen molar-refractivity contribution in [3.63, 3.8) is 0 Å². The van der Waals surface area contributed by atoms with Crippen LogP contribution in [0.4, 0.5) is 0 Å². The monoisotopic (exact) mass is 201 g/mol. The van der Waals surface area contributed by atoms with Gasteiger partial charge in [-0.2, -0.15) is 0 Å². The van der Waals surface area contributed by atoms with Crippen LogP contribution in [0.15, 0.2) is 0 Å². The zero-order valence-electron chi connectivity index (χ0n) is 8.81. The molecule has 0 radical (unpaired) electrons. The van der Waals surface area contributed by atoms with E-state index in [1.54, 1.807) is 0 Å². The second-order valence-corrected chi connectivity index (χ2v) is 4.46. The van der Waals surface area contributed by atoms with Gasteiger partial charge in [-0.15, -0.1) is 0 Å². The highest BCUT2D eigenvalue weighted by Gasteiger charge is 2.55. The number of nitrogens with zero attached hydrogens (tertiary/aromatic N) is 1. The second-order valence-electron chi connectivity index (χ2n) is 4.46.